The first-order valence-electron chi connectivity index (χ1n) is 9.22. The number of urea groups is 1. The van der Waals surface area contributed by atoms with Crippen LogP contribution in [0.5, 0.6) is 0 Å². The summed E-state index contributed by atoms with van der Waals surface area (Å²) in [5.41, 5.74) is 1.81. The number of hydrogen-bond acceptors (Lipinski definition) is 5. The van der Waals surface area contributed by atoms with E-state index in [4.69, 9.17) is 0 Å². The second kappa shape index (κ2) is 8.49. The Morgan fingerprint density at radius 1 is 1.42 bits per heavy atom. The minimum absolute atomic E-state index is 0.198. The highest BCUT2D eigenvalue weighted by atomic mass is 32.1. The molecule has 2 amide bonds. The van der Waals surface area contributed by atoms with Crippen LogP contribution in [0.3, 0.4) is 0 Å². The molecule has 3 rings (SSSR count). The highest BCUT2D eigenvalue weighted by Crippen LogP contribution is 2.27. The first-order valence-corrected chi connectivity index (χ1v) is 10.1. The van der Waals surface area contributed by atoms with Crippen LogP contribution in [-0.2, 0) is 0 Å². The van der Waals surface area contributed by atoms with Crippen LogP contribution >= 0.6 is 11.3 Å². The molecule has 1 aliphatic rings. The number of hydrogen-bond donors (Lipinski definition) is 2. The number of piperidine rings is 1. The summed E-state index contributed by atoms with van der Waals surface area (Å²) >= 11 is 1.61. The van der Waals surface area contributed by atoms with Crippen molar-refractivity contribution in [2.24, 2.45) is 0 Å². The molecule has 2 atom stereocenters. The molecule has 0 radical (unpaired) electrons. The summed E-state index contributed by atoms with van der Waals surface area (Å²) in [5, 5.41) is 8.76. The number of rotatable bonds is 5. The molecule has 3 heterocycles. The Balaban J connectivity index is 1.56. The van der Waals surface area contributed by atoms with Gasteiger partial charge in [-0.1, -0.05) is 6.92 Å². The molecule has 140 valence electrons. The zero-order chi connectivity index (χ0) is 18.5. The predicted octanol–water partition coefficient (Wildman–Crippen LogP) is 4.15. The Morgan fingerprint density at radius 3 is 2.96 bits per heavy atom. The Morgan fingerprint density at radius 2 is 2.27 bits per heavy atom. The largest absolute Gasteiger partial charge is 0.354 e. The van der Waals surface area contributed by atoms with Gasteiger partial charge in [-0.05, 0) is 44.7 Å². The lowest BCUT2D eigenvalue weighted by atomic mass is 10.0. The fourth-order valence-corrected chi connectivity index (χ4v) is 4.03. The summed E-state index contributed by atoms with van der Waals surface area (Å²) in [6.07, 6.45) is 7.24. The van der Waals surface area contributed by atoms with E-state index in [2.05, 4.69) is 46.3 Å². The molecular formula is C19H27N5OS. The summed E-state index contributed by atoms with van der Waals surface area (Å²) in [6.45, 7) is 7.96. The van der Waals surface area contributed by atoms with E-state index in [0.29, 0.717) is 12.6 Å². The van der Waals surface area contributed by atoms with Gasteiger partial charge in [0.05, 0.1) is 16.9 Å². The van der Waals surface area contributed by atoms with Crippen molar-refractivity contribution < 1.29 is 4.79 Å². The van der Waals surface area contributed by atoms with E-state index >= 15 is 0 Å². The van der Waals surface area contributed by atoms with Crippen molar-refractivity contribution in [2.75, 3.05) is 23.3 Å². The summed E-state index contributed by atoms with van der Waals surface area (Å²) in [7, 11) is 0. The lowest BCUT2D eigenvalue weighted by molar-refractivity contribution is 0.251. The van der Waals surface area contributed by atoms with Crippen LogP contribution in [0, 0.1) is 6.92 Å². The minimum Gasteiger partial charge on any atom is -0.354 e. The van der Waals surface area contributed by atoms with Crippen LogP contribution in [0.2, 0.25) is 0 Å². The molecule has 2 aromatic heterocycles. The van der Waals surface area contributed by atoms with Crippen molar-refractivity contribution in [3.05, 3.63) is 34.4 Å². The molecule has 26 heavy (non-hydrogen) atoms. The third-order valence-electron chi connectivity index (χ3n) is 4.83. The van der Waals surface area contributed by atoms with Gasteiger partial charge in [-0.15, -0.1) is 11.3 Å². The summed E-state index contributed by atoms with van der Waals surface area (Å²) in [6, 6.07) is 2.30. The van der Waals surface area contributed by atoms with Crippen LogP contribution < -0.4 is 15.5 Å². The fourth-order valence-electron chi connectivity index (χ4n) is 3.34. The standard InChI is InChI=1S/C19H27N5OS/c1-13-10-16(12-21-17(13)24-8-5-4-6-15(24)3)23-19(25)22-11-14(2)18-20-7-9-26-18/h7,9-10,12,14-15H,4-6,8,11H2,1-3H3,(H2,22,23,25). The van der Waals surface area contributed by atoms with Gasteiger partial charge >= 0.3 is 6.03 Å². The van der Waals surface area contributed by atoms with Crippen LogP contribution in [0.25, 0.3) is 0 Å². The van der Waals surface area contributed by atoms with Crippen LogP contribution in [0.1, 0.15) is 49.6 Å². The maximum Gasteiger partial charge on any atom is 0.319 e. The zero-order valence-electron chi connectivity index (χ0n) is 15.7. The lowest BCUT2D eigenvalue weighted by Gasteiger charge is -2.35. The van der Waals surface area contributed by atoms with Crippen LogP contribution in [-0.4, -0.2) is 35.1 Å². The average Bonchev–Trinajstić information content (AvgIpc) is 3.15. The van der Waals surface area contributed by atoms with E-state index in [0.717, 1.165) is 28.6 Å². The number of nitrogens with one attached hydrogen (secondary N) is 2. The van der Waals surface area contributed by atoms with Crippen molar-refractivity contribution >= 4 is 28.9 Å². The quantitative estimate of drug-likeness (QED) is 0.826. The van der Waals surface area contributed by atoms with Crippen molar-refractivity contribution in [2.45, 2.75) is 52.0 Å². The molecule has 6 nitrogen and oxygen atoms in total. The molecule has 2 aromatic rings. The van der Waals surface area contributed by atoms with Gasteiger partial charge in [-0.3, -0.25) is 0 Å². The Kier molecular flexibility index (Phi) is 6.08. The number of aromatic nitrogens is 2. The molecule has 1 aliphatic heterocycles. The van der Waals surface area contributed by atoms with E-state index in [9.17, 15) is 4.79 Å². The lowest BCUT2D eigenvalue weighted by Crippen LogP contribution is -2.38. The maximum absolute atomic E-state index is 12.2. The number of thiazole rings is 1. The van der Waals surface area contributed by atoms with E-state index in [1.165, 1.54) is 19.3 Å². The second-order valence-corrected chi connectivity index (χ2v) is 7.94. The SMILES string of the molecule is Cc1cc(NC(=O)NCC(C)c2nccs2)cnc1N1CCCCC1C. The molecule has 1 saturated heterocycles. The summed E-state index contributed by atoms with van der Waals surface area (Å²) in [4.78, 5) is 23.4. The Labute approximate surface area is 159 Å². The van der Waals surface area contributed by atoms with Gasteiger partial charge in [0.2, 0.25) is 0 Å². The second-order valence-electron chi connectivity index (χ2n) is 7.01. The van der Waals surface area contributed by atoms with Gasteiger partial charge in [0.1, 0.15) is 5.82 Å². The van der Waals surface area contributed by atoms with Gasteiger partial charge in [-0.2, -0.15) is 0 Å². The number of pyridine rings is 1. The summed E-state index contributed by atoms with van der Waals surface area (Å²) < 4.78 is 0. The monoisotopic (exact) mass is 373 g/mol. The molecular weight excluding hydrogens is 346 g/mol. The minimum atomic E-state index is -0.214. The Bertz CT molecular complexity index is 734. The fraction of sp³-hybridized carbons (Fsp3) is 0.526. The first kappa shape index (κ1) is 18.6. The molecule has 0 aromatic carbocycles. The number of carbonyl (C=O) groups is 1. The van der Waals surface area contributed by atoms with Crippen LogP contribution in [0.4, 0.5) is 16.3 Å². The maximum atomic E-state index is 12.2. The van der Waals surface area contributed by atoms with E-state index in [1.807, 2.05) is 11.4 Å². The van der Waals surface area contributed by atoms with E-state index in [-0.39, 0.29) is 11.9 Å². The predicted molar refractivity (Wildman–Crippen MR) is 107 cm³/mol. The molecule has 0 saturated carbocycles. The van der Waals surface area contributed by atoms with Gasteiger partial charge in [0.15, 0.2) is 0 Å². The number of amides is 2. The zero-order valence-corrected chi connectivity index (χ0v) is 16.5. The third kappa shape index (κ3) is 4.52. The molecule has 1 fully saturated rings. The number of aryl methyl sites for hydroxylation is 1. The molecule has 7 heteroatoms. The normalized spacial score (nSPS) is 18.4. The van der Waals surface area contributed by atoms with Crippen LogP contribution in [0.15, 0.2) is 23.8 Å². The topological polar surface area (TPSA) is 70.1 Å². The van der Waals surface area contributed by atoms with Gasteiger partial charge in [-0.25, -0.2) is 14.8 Å². The van der Waals surface area contributed by atoms with Crippen molar-refractivity contribution in [1.29, 1.82) is 0 Å². The first-order chi connectivity index (χ1) is 12.5. The highest BCUT2D eigenvalue weighted by Gasteiger charge is 2.21. The number of carbonyl (C=O) groups excluding carboxylic acids is 1. The molecule has 0 aliphatic carbocycles. The molecule has 2 N–H and O–H groups in total. The van der Waals surface area contributed by atoms with Crippen molar-refractivity contribution in [3.8, 4) is 0 Å². The van der Waals surface area contributed by atoms with Crippen molar-refractivity contribution in [1.82, 2.24) is 15.3 Å². The average molecular weight is 374 g/mol. The smallest absolute Gasteiger partial charge is 0.319 e. The van der Waals surface area contributed by atoms with E-state index in [1.54, 1.807) is 23.7 Å². The summed E-state index contributed by atoms with van der Waals surface area (Å²) in [5.74, 6) is 1.23. The van der Waals surface area contributed by atoms with Gasteiger partial charge in [0.25, 0.3) is 0 Å². The third-order valence-corrected chi connectivity index (χ3v) is 5.83. The van der Waals surface area contributed by atoms with E-state index < -0.39 is 0 Å². The number of anilines is 2. The van der Waals surface area contributed by atoms with Gasteiger partial charge in [0, 0.05) is 36.6 Å². The molecule has 0 bridgehead atoms. The van der Waals surface area contributed by atoms with Crippen molar-refractivity contribution in [3.63, 3.8) is 0 Å². The molecule has 0 spiro atoms. The highest BCUT2D eigenvalue weighted by molar-refractivity contribution is 7.09. The van der Waals surface area contributed by atoms with Gasteiger partial charge < -0.3 is 15.5 Å². The molecule has 2 unspecified atom stereocenters. The Hall–Kier alpha value is -2.15. The number of nitrogens with zero attached hydrogens (tertiary/aromatic N) is 3.